The average Bonchev–Trinajstić information content (AvgIpc) is 2.62. The molecule has 0 spiro atoms. The van der Waals surface area contributed by atoms with Gasteiger partial charge in [0.05, 0.1) is 32.4 Å². The van der Waals surface area contributed by atoms with Crippen LogP contribution in [0, 0.1) is 6.92 Å². The molecule has 0 saturated carbocycles. The first-order valence-corrected chi connectivity index (χ1v) is 7.98. The molecule has 0 unspecified atom stereocenters. The van der Waals surface area contributed by atoms with Gasteiger partial charge in [-0.25, -0.2) is 9.97 Å². The largest absolute Gasteiger partial charge is 0.496 e. The van der Waals surface area contributed by atoms with Crippen molar-refractivity contribution in [3.8, 4) is 5.75 Å². The molecule has 0 N–H and O–H groups in total. The van der Waals surface area contributed by atoms with E-state index in [-0.39, 0.29) is 12.0 Å². The number of hydrogen-bond acceptors (Lipinski definition) is 5. The number of aryl methyl sites for hydroxylation is 1. The molecular weight excluding hydrogens is 306 g/mol. The molecule has 126 valence electrons. The van der Waals surface area contributed by atoms with Crippen LogP contribution in [0.3, 0.4) is 0 Å². The predicted octanol–water partition coefficient (Wildman–Crippen LogP) is 1.94. The number of methoxy groups -OCH3 is 1. The number of carbonyl (C=O) groups is 1. The maximum Gasteiger partial charge on any atom is 0.227 e. The van der Waals surface area contributed by atoms with E-state index < -0.39 is 0 Å². The summed E-state index contributed by atoms with van der Waals surface area (Å²) in [5, 5.41) is 0. The summed E-state index contributed by atoms with van der Waals surface area (Å²) >= 11 is 0. The van der Waals surface area contributed by atoms with Crippen LogP contribution in [0.15, 0.2) is 36.5 Å². The average molecular weight is 327 g/mol. The van der Waals surface area contributed by atoms with Crippen molar-refractivity contribution in [2.24, 2.45) is 0 Å². The summed E-state index contributed by atoms with van der Waals surface area (Å²) in [5.41, 5.74) is 1.71. The Morgan fingerprint density at radius 1 is 1.38 bits per heavy atom. The van der Waals surface area contributed by atoms with Gasteiger partial charge in [-0.2, -0.15) is 0 Å². The highest BCUT2D eigenvalue weighted by Crippen LogP contribution is 2.23. The first kappa shape index (κ1) is 16.4. The third-order valence-corrected chi connectivity index (χ3v) is 4.08. The monoisotopic (exact) mass is 327 g/mol. The van der Waals surface area contributed by atoms with Crippen molar-refractivity contribution in [2.45, 2.75) is 19.4 Å². The van der Waals surface area contributed by atoms with Crippen LogP contribution in [-0.4, -0.2) is 47.6 Å². The maximum atomic E-state index is 12.7. The topological polar surface area (TPSA) is 64.5 Å². The van der Waals surface area contributed by atoms with Crippen LogP contribution in [0.5, 0.6) is 5.75 Å². The molecule has 2 aromatic rings. The normalized spacial score (nSPS) is 17.6. The third-order valence-electron chi connectivity index (χ3n) is 4.08. The number of ether oxygens (including phenoxy) is 2. The molecule has 6 heteroatoms. The number of para-hydroxylation sites is 1. The van der Waals surface area contributed by atoms with Gasteiger partial charge >= 0.3 is 0 Å². The fourth-order valence-corrected chi connectivity index (χ4v) is 2.83. The van der Waals surface area contributed by atoms with E-state index in [2.05, 4.69) is 9.97 Å². The van der Waals surface area contributed by atoms with E-state index in [4.69, 9.17) is 9.47 Å². The van der Waals surface area contributed by atoms with Crippen LogP contribution in [0.2, 0.25) is 0 Å². The first-order valence-electron chi connectivity index (χ1n) is 7.98. The second kappa shape index (κ2) is 7.40. The molecule has 0 radical (unpaired) electrons. The summed E-state index contributed by atoms with van der Waals surface area (Å²) in [6, 6.07) is 9.44. The van der Waals surface area contributed by atoms with Gasteiger partial charge in [0, 0.05) is 18.3 Å². The van der Waals surface area contributed by atoms with E-state index in [0.29, 0.717) is 31.9 Å². The Morgan fingerprint density at radius 3 is 3.00 bits per heavy atom. The van der Waals surface area contributed by atoms with Crippen LogP contribution in [-0.2, 0) is 16.0 Å². The molecule has 1 aromatic carbocycles. The number of morpholine rings is 1. The van der Waals surface area contributed by atoms with Gasteiger partial charge in [0.2, 0.25) is 5.91 Å². The Labute approximate surface area is 141 Å². The van der Waals surface area contributed by atoms with E-state index in [0.717, 1.165) is 17.0 Å². The van der Waals surface area contributed by atoms with Crippen molar-refractivity contribution in [1.82, 2.24) is 14.9 Å². The van der Waals surface area contributed by atoms with Gasteiger partial charge in [-0.3, -0.25) is 4.79 Å². The van der Waals surface area contributed by atoms with Crippen LogP contribution in [0.4, 0.5) is 0 Å². The summed E-state index contributed by atoms with van der Waals surface area (Å²) in [7, 11) is 1.62. The van der Waals surface area contributed by atoms with Gasteiger partial charge in [-0.1, -0.05) is 18.2 Å². The quantitative estimate of drug-likeness (QED) is 0.858. The Kier molecular flexibility index (Phi) is 5.05. The fraction of sp³-hybridized carbons (Fsp3) is 0.389. The van der Waals surface area contributed by atoms with E-state index in [1.165, 1.54) is 0 Å². The SMILES string of the molecule is COc1ccccc1CC(=O)N1CCO[C@H](c2ccnc(C)n2)C1. The lowest BCUT2D eigenvalue weighted by atomic mass is 10.1. The number of aromatic nitrogens is 2. The van der Waals surface area contributed by atoms with Gasteiger partial charge in [0.1, 0.15) is 17.7 Å². The number of nitrogens with zero attached hydrogens (tertiary/aromatic N) is 3. The Morgan fingerprint density at radius 2 is 2.21 bits per heavy atom. The minimum atomic E-state index is -0.206. The molecule has 1 amide bonds. The third kappa shape index (κ3) is 3.71. The molecule has 1 aromatic heterocycles. The second-order valence-corrected chi connectivity index (χ2v) is 5.72. The van der Waals surface area contributed by atoms with Crippen molar-refractivity contribution in [1.29, 1.82) is 0 Å². The minimum Gasteiger partial charge on any atom is -0.496 e. The number of rotatable bonds is 4. The summed E-state index contributed by atoms with van der Waals surface area (Å²) in [6.45, 7) is 3.45. The lowest BCUT2D eigenvalue weighted by molar-refractivity contribution is -0.138. The van der Waals surface area contributed by atoms with E-state index in [1.54, 1.807) is 13.3 Å². The van der Waals surface area contributed by atoms with Crippen molar-refractivity contribution in [2.75, 3.05) is 26.8 Å². The van der Waals surface area contributed by atoms with Crippen LogP contribution in [0.25, 0.3) is 0 Å². The molecule has 0 bridgehead atoms. The van der Waals surface area contributed by atoms with Crippen LogP contribution >= 0.6 is 0 Å². The second-order valence-electron chi connectivity index (χ2n) is 5.72. The first-order chi connectivity index (χ1) is 11.7. The summed E-state index contributed by atoms with van der Waals surface area (Å²) < 4.78 is 11.1. The fourth-order valence-electron chi connectivity index (χ4n) is 2.83. The lowest BCUT2D eigenvalue weighted by Gasteiger charge is -2.33. The van der Waals surface area contributed by atoms with Crippen molar-refractivity contribution < 1.29 is 14.3 Å². The number of hydrogen-bond donors (Lipinski definition) is 0. The van der Waals surface area contributed by atoms with Crippen molar-refractivity contribution in [3.63, 3.8) is 0 Å². The summed E-state index contributed by atoms with van der Waals surface area (Å²) in [6.07, 6.45) is 1.83. The molecule has 3 rings (SSSR count). The van der Waals surface area contributed by atoms with Gasteiger partial charge in [-0.05, 0) is 19.1 Å². The summed E-state index contributed by atoms with van der Waals surface area (Å²) in [4.78, 5) is 23.0. The van der Waals surface area contributed by atoms with Gasteiger partial charge in [-0.15, -0.1) is 0 Å². The molecule has 1 fully saturated rings. The summed E-state index contributed by atoms with van der Waals surface area (Å²) in [5.74, 6) is 1.51. The minimum absolute atomic E-state index is 0.0681. The Bertz CT molecular complexity index is 720. The van der Waals surface area contributed by atoms with Gasteiger partial charge in [0.25, 0.3) is 0 Å². The van der Waals surface area contributed by atoms with Crippen molar-refractivity contribution in [3.05, 3.63) is 53.6 Å². The molecular formula is C18H21N3O3. The molecule has 24 heavy (non-hydrogen) atoms. The number of benzene rings is 1. The molecule has 1 saturated heterocycles. The van der Waals surface area contributed by atoms with E-state index in [1.807, 2.05) is 42.2 Å². The van der Waals surface area contributed by atoms with Gasteiger partial charge in [0.15, 0.2) is 0 Å². The molecule has 6 nitrogen and oxygen atoms in total. The molecule has 0 aliphatic carbocycles. The van der Waals surface area contributed by atoms with E-state index >= 15 is 0 Å². The standard InChI is InChI=1S/C18H21N3O3/c1-13-19-8-7-15(20-13)17-12-21(9-10-24-17)18(22)11-14-5-3-4-6-16(14)23-2/h3-8,17H,9-12H2,1-2H3/t17-/m0/s1. The zero-order valence-electron chi connectivity index (χ0n) is 13.9. The number of amides is 1. The zero-order valence-corrected chi connectivity index (χ0v) is 13.9. The zero-order chi connectivity index (χ0) is 16.9. The van der Waals surface area contributed by atoms with Crippen LogP contribution < -0.4 is 4.74 Å². The highest BCUT2D eigenvalue weighted by atomic mass is 16.5. The highest BCUT2D eigenvalue weighted by molar-refractivity contribution is 5.79. The number of carbonyl (C=O) groups excluding carboxylic acids is 1. The van der Waals surface area contributed by atoms with Crippen LogP contribution in [0.1, 0.15) is 23.2 Å². The predicted molar refractivity (Wildman–Crippen MR) is 88.7 cm³/mol. The van der Waals surface area contributed by atoms with Gasteiger partial charge < -0.3 is 14.4 Å². The Hall–Kier alpha value is -2.47. The molecule has 1 aliphatic heterocycles. The lowest BCUT2D eigenvalue weighted by Crippen LogP contribution is -2.43. The Balaban J connectivity index is 1.69. The molecule has 1 aliphatic rings. The smallest absolute Gasteiger partial charge is 0.227 e. The maximum absolute atomic E-state index is 12.7. The highest BCUT2D eigenvalue weighted by Gasteiger charge is 2.26. The van der Waals surface area contributed by atoms with E-state index in [9.17, 15) is 4.79 Å². The molecule has 1 atom stereocenters. The van der Waals surface area contributed by atoms with Crippen molar-refractivity contribution >= 4 is 5.91 Å². The molecule has 2 heterocycles.